The summed E-state index contributed by atoms with van der Waals surface area (Å²) in [5, 5.41) is 3.58. The van der Waals surface area contributed by atoms with Crippen molar-refractivity contribution in [2.75, 3.05) is 18.2 Å². The lowest BCUT2D eigenvalue weighted by atomic mass is 9.64. The van der Waals surface area contributed by atoms with E-state index >= 15 is 0 Å². The number of halogens is 1. The third-order valence-corrected chi connectivity index (χ3v) is 3.91. The molecule has 0 radical (unpaired) electrons. The maximum atomic E-state index is 5.84. The van der Waals surface area contributed by atoms with E-state index in [0.29, 0.717) is 11.5 Å². The normalized spacial score (nSPS) is 26.4. The molecule has 1 fully saturated rings. The Morgan fingerprint density at radius 1 is 1.53 bits per heavy atom. The summed E-state index contributed by atoms with van der Waals surface area (Å²) < 4.78 is 5.39. The molecule has 0 amide bonds. The number of nitrogens with two attached hydrogens (primary N) is 1. The van der Waals surface area contributed by atoms with Crippen LogP contribution in [0.3, 0.4) is 0 Å². The van der Waals surface area contributed by atoms with E-state index < -0.39 is 0 Å². The van der Waals surface area contributed by atoms with E-state index in [9.17, 15) is 0 Å². The number of anilines is 2. The summed E-state index contributed by atoms with van der Waals surface area (Å²) >= 11 is 5.84. The second kappa shape index (κ2) is 4.31. The molecular formula is C11H17ClN4O. The van der Waals surface area contributed by atoms with Crippen LogP contribution in [-0.2, 0) is 4.74 Å². The van der Waals surface area contributed by atoms with E-state index in [2.05, 4.69) is 29.1 Å². The van der Waals surface area contributed by atoms with Gasteiger partial charge in [0.1, 0.15) is 12.0 Å². The molecule has 0 aromatic carbocycles. The van der Waals surface area contributed by atoms with Gasteiger partial charge in [0, 0.05) is 18.6 Å². The number of nitrogen functional groups attached to an aromatic ring is 1. The van der Waals surface area contributed by atoms with Gasteiger partial charge in [-0.25, -0.2) is 9.97 Å². The minimum absolute atomic E-state index is 0.0542. The van der Waals surface area contributed by atoms with Gasteiger partial charge < -0.3 is 15.8 Å². The predicted molar refractivity (Wildman–Crippen MR) is 68.1 cm³/mol. The molecule has 1 aliphatic carbocycles. The van der Waals surface area contributed by atoms with E-state index in [1.165, 1.54) is 6.33 Å². The maximum Gasteiger partial charge on any atom is 0.157 e. The SMILES string of the molecule is COC1CC(Nc2ncnc(Cl)c2N)C1(C)C. The Morgan fingerprint density at radius 3 is 2.82 bits per heavy atom. The van der Waals surface area contributed by atoms with Gasteiger partial charge in [0.15, 0.2) is 11.0 Å². The fraction of sp³-hybridized carbons (Fsp3) is 0.636. The van der Waals surface area contributed by atoms with Gasteiger partial charge in [-0.3, -0.25) is 0 Å². The fourth-order valence-corrected chi connectivity index (χ4v) is 2.32. The largest absolute Gasteiger partial charge is 0.393 e. The number of methoxy groups -OCH3 is 1. The van der Waals surface area contributed by atoms with E-state index in [4.69, 9.17) is 22.1 Å². The van der Waals surface area contributed by atoms with Crippen molar-refractivity contribution in [2.45, 2.75) is 32.4 Å². The molecule has 1 aromatic heterocycles. The Balaban J connectivity index is 2.11. The smallest absolute Gasteiger partial charge is 0.157 e. The van der Waals surface area contributed by atoms with Gasteiger partial charge in [-0.2, -0.15) is 0 Å². The first-order valence-electron chi connectivity index (χ1n) is 5.52. The highest BCUT2D eigenvalue weighted by Gasteiger charge is 2.48. The zero-order valence-corrected chi connectivity index (χ0v) is 11.0. The van der Waals surface area contributed by atoms with Crippen LogP contribution in [0, 0.1) is 5.41 Å². The minimum atomic E-state index is 0.0542. The lowest BCUT2D eigenvalue weighted by Gasteiger charge is -2.51. The Bertz CT molecular complexity index is 424. The first-order valence-corrected chi connectivity index (χ1v) is 5.90. The molecule has 5 nitrogen and oxygen atoms in total. The van der Waals surface area contributed by atoms with E-state index in [0.717, 1.165) is 6.42 Å². The van der Waals surface area contributed by atoms with Gasteiger partial charge in [-0.1, -0.05) is 25.4 Å². The molecule has 2 rings (SSSR count). The van der Waals surface area contributed by atoms with Crippen LogP contribution in [0.1, 0.15) is 20.3 Å². The van der Waals surface area contributed by atoms with Crippen LogP contribution in [0.25, 0.3) is 0 Å². The van der Waals surface area contributed by atoms with Gasteiger partial charge in [0.2, 0.25) is 0 Å². The zero-order valence-electron chi connectivity index (χ0n) is 10.2. The van der Waals surface area contributed by atoms with Crippen molar-refractivity contribution in [2.24, 2.45) is 5.41 Å². The Morgan fingerprint density at radius 2 is 2.24 bits per heavy atom. The molecule has 1 aliphatic rings. The highest BCUT2D eigenvalue weighted by Crippen LogP contribution is 2.44. The molecule has 1 aromatic rings. The van der Waals surface area contributed by atoms with Gasteiger partial charge in [-0.05, 0) is 6.42 Å². The lowest BCUT2D eigenvalue weighted by molar-refractivity contribution is -0.0795. The molecule has 94 valence electrons. The molecular weight excluding hydrogens is 240 g/mol. The maximum absolute atomic E-state index is 5.84. The van der Waals surface area contributed by atoms with Crippen molar-refractivity contribution in [1.29, 1.82) is 0 Å². The number of rotatable bonds is 3. The quantitative estimate of drug-likeness (QED) is 0.809. The van der Waals surface area contributed by atoms with E-state index in [-0.39, 0.29) is 22.7 Å². The first kappa shape index (κ1) is 12.4. The third kappa shape index (κ3) is 2.05. The summed E-state index contributed by atoms with van der Waals surface area (Å²) in [7, 11) is 1.73. The van der Waals surface area contributed by atoms with Gasteiger partial charge in [0.05, 0.1) is 6.10 Å². The van der Waals surface area contributed by atoms with Crippen LogP contribution in [0.5, 0.6) is 0 Å². The molecule has 2 atom stereocenters. The second-order valence-electron chi connectivity index (χ2n) is 4.91. The summed E-state index contributed by atoms with van der Waals surface area (Å²) in [6.45, 7) is 4.31. The lowest BCUT2D eigenvalue weighted by Crippen LogP contribution is -2.57. The molecule has 2 unspecified atom stereocenters. The first-order chi connectivity index (χ1) is 7.96. The third-order valence-electron chi connectivity index (χ3n) is 3.61. The van der Waals surface area contributed by atoms with Crippen LogP contribution < -0.4 is 11.1 Å². The monoisotopic (exact) mass is 256 g/mol. The summed E-state index contributed by atoms with van der Waals surface area (Å²) in [4.78, 5) is 7.93. The van der Waals surface area contributed by atoms with Crippen molar-refractivity contribution in [3.8, 4) is 0 Å². The molecule has 6 heteroatoms. The molecule has 0 aliphatic heterocycles. The Hall–Kier alpha value is -1.07. The van der Waals surface area contributed by atoms with Gasteiger partial charge in [0.25, 0.3) is 0 Å². The highest BCUT2D eigenvalue weighted by molar-refractivity contribution is 6.32. The van der Waals surface area contributed by atoms with E-state index in [1.54, 1.807) is 7.11 Å². The molecule has 1 saturated carbocycles. The van der Waals surface area contributed by atoms with Crippen LogP contribution in [-0.4, -0.2) is 29.2 Å². The summed E-state index contributed by atoms with van der Waals surface area (Å²) in [5.74, 6) is 0.595. The summed E-state index contributed by atoms with van der Waals surface area (Å²) in [6.07, 6.45) is 2.60. The highest BCUT2D eigenvalue weighted by atomic mass is 35.5. The summed E-state index contributed by atoms with van der Waals surface area (Å²) in [6, 6.07) is 0.278. The average molecular weight is 257 g/mol. The molecule has 3 N–H and O–H groups in total. The molecule has 0 spiro atoms. The molecule has 0 saturated heterocycles. The Labute approximate surface area is 106 Å². The Kier molecular flexibility index (Phi) is 3.14. The molecule has 1 heterocycles. The van der Waals surface area contributed by atoms with Crippen molar-refractivity contribution in [3.05, 3.63) is 11.5 Å². The number of hydrogen-bond donors (Lipinski definition) is 2. The van der Waals surface area contributed by atoms with Gasteiger partial charge in [-0.15, -0.1) is 0 Å². The number of nitrogens with one attached hydrogen (secondary N) is 1. The predicted octanol–water partition coefficient (Wildman–Crippen LogP) is 1.94. The number of nitrogens with zero attached hydrogens (tertiary/aromatic N) is 2. The van der Waals surface area contributed by atoms with Crippen LogP contribution in [0.4, 0.5) is 11.5 Å². The number of hydrogen-bond acceptors (Lipinski definition) is 5. The fourth-order valence-electron chi connectivity index (χ4n) is 2.18. The molecule has 17 heavy (non-hydrogen) atoms. The van der Waals surface area contributed by atoms with Crippen LogP contribution in [0.15, 0.2) is 6.33 Å². The van der Waals surface area contributed by atoms with Crippen molar-refractivity contribution >= 4 is 23.1 Å². The number of aromatic nitrogens is 2. The standard InChI is InChI=1S/C11H17ClN4O/c1-11(2)6(4-7(11)17-3)16-10-8(13)9(12)14-5-15-10/h5-7H,4,13H2,1-3H3,(H,14,15,16). The summed E-state index contributed by atoms with van der Waals surface area (Å²) in [5.41, 5.74) is 6.26. The number of ether oxygens (including phenoxy) is 1. The van der Waals surface area contributed by atoms with Crippen LogP contribution >= 0.6 is 11.6 Å². The van der Waals surface area contributed by atoms with Gasteiger partial charge >= 0.3 is 0 Å². The van der Waals surface area contributed by atoms with Crippen molar-refractivity contribution in [3.63, 3.8) is 0 Å². The average Bonchev–Trinajstić information content (AvgIpc) is 2.29. The minimum Gasteiger partial charge on any atom is -0.393 e. The van der Waals surface area contributed by atoms with E-state index in [1.807, 2.05) is 0 Å². The molecule has 0 bridgehead atoms. The topological polar surface area (TPSA) is 73.1 Å². The van der Waals surface area contributed by atoms with Crippen LogP contribution in [0.2, 0.25) is 5.15 Å². The zero-order chi connectivity index (χ0) is 12.6. The van der Waals surface area contributed by atoms with Crippen molar-refractivity contribution in [1.82, 2.24) is 9.97 Å². The second-order valence-corrected chi connectivity index (χ2v) is 5.26. The van der Waals surface area contributed by atoms with Crippen molar-refractivity contribution < 1.29 is 4.74 Å².